The third-order valence-electron chi connectivity index (χ3n) is 8.06. The SMILES string of the molecule is CC[C@]1(C(=O)N2CCN(c3nccc(C(F)(F)F)n3)CC2)CC[C@@H](N[C@@H]2CCOCC2OC)C1.O=C(O)C(F)(F)F.O=C(O)C(F)(F)F. The molecule has 3 N–H and O–H groups in total. The predicted molar refractivity (Wildman–Crippen MR) is 147 cm³/mol. The molecule has 48 heavy (non-hydrogen) atoms. The van der Waals surface area contributed by atoms with Crippen molar-refractivity contribution in [3.63, 3.8) is 0 Å². The molecule has 2 saturated heterocycles. The number of rotatable bonds is 6. The van der Waals surface area contributed by atoms with Crippen molar-refractivity contribution in [1.29, 1.82) is 0 Å². The Morgan fingerprint density at radius 2 is 1.56 bits per heavy atom. The number of nitrogens with one attached hydrogen (secondary N) is 1. The smallest absolute Gasteiger partial charge is 0.475 e. The summed E-state index contributed by atoms with van der Waals surface area (Å²) in [5, 5.41) is 18.0. The summed E-state index contributed by atoms with van der Waals surface area (Å²) < 4.78 is 114. The molecule has 3 aliphatic rings. The highest BCUT2D eigenvalue weighted by Crippen LogP contribution is 2.43. The maximum atomic E-state index is 13.6. The molecule has 3 heterocycles. The number of alkyl halides is 9. The van der Waals surface area contributed by atoms with E-state index < -0.39 is 41.6 Å². The lowest BCUT2D eigenvalue weighted by molar-refractivity contribution is -0.193. The third kappa shape index (κ3) is 11.6. The van der Waals surface area contributed by atoms with Gasteiger partial charge in [-0.2, -0.15) is 39.5 Å². The summed E-state index contributed by atoms with van der Waals surface area (Å²) in [4.78, 5) is 42.7. The van der Waals surface area contributed by atoms with Gasteiger partial charge in [-0.15, -0.1) is 0 Å². The van der Waals surface area contributed by atoms with Gasteiger partial charge in [-0.25, -0.2) is 19.6 Å². The summed E-state index contributed by atoms with van der Waals surface area (Å²) >= 11 is 0. The average molecular weight is 714 g/mol. The number of aromatic nitrogens is 2. The van der Waals surface area contributed by atoms with Gasteiger partial charge in [0.05, 0.1) is 18.1 Å². The van der Waals surface area contributed by atoms with Gasteiger partial charge in [0.15, 0.2) is 0 Å². The van der Waals surface area contributed by atoms with Crippen molar-refractivity contribution >= 4 is 23.8 Å². The van der Waals surface area contributed by atoms with Crippen molar-refractivity contribution in [2.24, 2.45) is 5.41 Å². The molecule has 1 unspecified atom stereocenters. The number of ether oxygens (including phenoxy) is 2. The molecule has 0 radical (unpaired) electrons. The molecule has 1 aliphatic carbocycles. The van der Waals surface area contributed by atoms with E-state index in [0.29, 0.717) is 39.4 Å². The summed E-state index contributed by atoms with van der Waals surface area (Å²) in [5.74, 6) is -5.31. The Hall–Kier alpha value is -3.46. The van der Waals surface area contributed by atoms with E-state index in [9.17, 15) is 44.3 Å². The van der Waals surface area contributed by atoms with Crippen molar-refractivity contribution in [1.82, 2.24) is 20.2 Å². The quantitative estimate of drug-likeness (QED) is 0.370. The fraction of sp³-hybridized carbons (Fsp3) is 0.741. The first-order chi connectivity index (χ1) is 22.1. The van der Waals surface area contributed by atoms with Crippen LogP contribution in [0.15, 0.2) is 12.3 Å². The molecule has 4 atom stereocenters. The number of amides is 1. The number of carbonyl (C=O) groups is 3. The molecule has 1 amide bonds. The van der Waals surface area contributed by atoms with E-state index in [1.165, 1.54) is 0 Å². The van der Waals surface area contributed by atoms with Crippen LogP contribution in [0.4, 0.5) is 45.5 Å². The van der Waals surface area contributed by atoms with E-state index in [0.717, 1.165) is 44.4 Å². The van der Waals surface area contributed by atoms with Gasteiger partial charge >= 0.3 is 30.5 Å². The fourth-order valence-electron chi connectivity index (χ4n) is 5.48. The number of anilines is 1. The number of piperazine rings is 1. The first-order valence-corrected chi connectivity index (χ1v) is 14.6. The van der Waals surface area contributed by atoms with Gasteiger partial charge in [0.1, 0.15) is 5.69 Å². The zero-order chi connectivity index (χ0) is 36.5. The maximum Gasteiger partial charge on any atom is 0.490 e. The highest BCUT2D eigenvalue weighted by molar-refractivity contribution is 5.83. The first-order valence-electron chi connectivity index (χ1n) is 14.6. The second kappa shape index (κ2) is 16.8. The second-order valence-corrected chi connectivity index (χ2v) is 11.1. The van der Waals surface area contributed by atoms with E-state index in [-0.39, 0.29) is 30.0 Å². The molecule has 0 spiro atoms. The first kappa shape index (κ1) is 40.7. The number of methoxy groups -OCH3 is 1. The van der Waals surface area contributed by atoms with Crippen LogP contribution in [0.25, 0.3) is 0 Å². The molecule has 21 heteroatoms. The molecular formula is C27H36F9N5O7. The molecule has 4 rings (SSSR count). The van der Waals surface area contributed by atoms with Gasteiger partial charge in [-0.05, 0) is 38.2 Å². The fourth-order valence-corrected chi connectivity index (χ4v) is 5.48. The van der Waals surface area contributed by atoms with Crippen LogP contribution < -0.4 is 10.2 Å². The minimum absolute atomic E-state index is 0.0206. The number of aliphatic carboxylic acids is 2. The number of hydrogen-bond donors (Lipinski definition) is 3. The van der Waals surface area contributed by atoms with Crippen LogP contribution in [-0.4, -0.2) is 120 Å². The lowest BCUT2D eigenvalue weighted by atomic mass is 9.81. The lowest BCUT2D eigenvalue weighted by Gasteiger charge is -2.40. The van der Waals surface area contributed by atoms with Crippen LogP contribution in [0.2, 0.25) is 0 Å². The van der Waals surface area contributed by atoms with Crippen molar-refractivity contribution < 1.29 is 73.6 Å². The Kier molecular flexibility index (Phi) is 14.2. The molecular weight excluding hydrogens is 677 g/mol. The van der Waals surface area contributed by atoms with Gasteiger partial charge in [0, 0.05) is 58.2 Å². The van der Waals surface area contributed by atoms with E-state index >= 15 is 0 Å². The number of hydrogen-bond acceptors (Lipinski definition) is 9. The summed E-state index contributed by atoms with van der Waals surface area (Å²) in [6.07, 6.45) is -9.32. The number of nitrogens with zero attached hydrogens (tertiary/aromatic N) is 4. The van der Waals surface area contributed by atoms with Gasteiger partial charge in [0.2, 0.25) is 11.9 Å². The van der Waals surface area contributed by atoms with Crippen LogP contribution in [0.5, 0.6) is 0 Å². The maximum absolute atomic E-state index is 13.6. The zero-order valence-corrected chi connectivity index (χ0v) is 25.8. The van der Waals surface area contributed by atoms with Crippen LogP contribution in [0.3, 0.4) is 0 Å². The van der Waals surface area contributed by atoms with Crippen LogP contribution >= 0.6 is 0 Å². The Labute approximate surface area is 268 Å². The largest absolute Gasteiger partial charge is 0.490 e. The van der Waals surface area contributed by atoms with Gasteiger partial charge < -0.3 is 34.8 Å². The molecule has 274 valence electrons. The van der Waals surface area contributed by atoms with E-state index in [2.05, 4.69) is 22.2 Å². The van der Waals surface area contributed by atoms with Gasteiger partial charge in [-0.1, -0.05) is 6.92 Å². The Morgan fingerprint density at radius 3 is 2.04 bits per heavy atom. The van der Waals surface area contributed by atoms with E-state index in [1.807, 2.05) is 4.90 Å². The van der Waals surface area contributed by atoms with Gasteiger partial charge in [0.25, 0.3) is 0 Å². The number of carboxylic acids is 2. The highest BCUT2D eigenvalue weighted by atomic mass is 19.4. The van der Waals surface area contributed by atoms with Crippen molar-refractivity contribution in [3.8, 4) is 0 Å². The number of halogens is 9. The van der Waals surface area contributed by atoms with E-state index in [4.69, 9.17) is 29.3 Å². The molecule has 1 saturated carbocycles. The molecule has 12 nitrogen and oxygen atoms in total. The van der Waals surface area contributed by atoms with Crippen LogP contribution in [-0.2, 0) is 30.0 Å². The molecule has 1 aromatic rings. The number of carbonyl (C=O) groups excluding carboxylic acids is 1. The van der Waals surface area contributed by atoms with E-state index in [1.54, 1.807) is 12.0 Å². The van der Waals surface area contributed by atoms with Crippen molar-refractivity contribution in [3.05, 3.63) is 18.0 Å². The molecule has 3 fully saturated rings. The van der Waals surface area contributed by atoms with Gasteiger partial charge in [-0.3, -0.25) is 4.79 Å². The summed E-state index contributed by atoms with van der Waals surface area (Å²) in [6.45, 7) is 5.08. The van der Waals surface area contributed by atoms with Crippen LogP contribution in [0.1, 0.15) is 44.7 Å². The average Bonchev–Trinajstić information content (AvgIpc) is 3.44. The highest BCUT2D eigenvalue weighted by Gasteiger charge is 2.47. The summed E-state index contributed by atoms with van der Waals surface area (Å²) in [6, 6.07) is 1.35. The third-order valence-corrected chi connectivity index (χ3v) is 8.06. The molecule has 2 aliphatic heterocycles. The molecule has 1 aromatic heterocycles. The van der Waals surface area contributed by atoms with Crippen molar-refractivity contribution in [2.75, 3.05) is 51.4 Å². The predicted octanol–water partition coefficient (Wildman–Crippen LogP) is 3.75. The second-order valence-electron chi connectivity index (χ2n) is 11.1. The Balaban J connectivity index is 0.000000479. The minimum Gasteiger partial charge on any atom is -0.475 e. The molecule has 0 bridgehead atoms. The summed E-state index contributed by atoms with van der Waals surface area (Å²) in [5.41, 5.74) is -1.36. The minimum atomic E-state index is -5.08. The summed E-state index contributed by atoms with van der Waals surface area (Å²) in [7, 11) is 1.70. The molecule has 0 aromatic carbocycles. The zero-order valence-electron chi connectivity index (χ0n) is 25.8. The van der Waals surface area contributed by atoms with Crippen LogP contribution in [0, 0.1) is 5.41 Å². The lowest BCUT2D eigenvalue weighted by Crippen LogP contribution is -2.54. The monoisotopic (exact) mass is 713 g/mol. The van der Waals surface area contributed by atoms with Crippen molar-refractivity contribution in [2.45, 2.75) is 75.7 Å². The Bertz CT molecular complexity index is 1200. The number of carboxylic acid groups (broad SMARTS) is 2. The standard InChI is InChI=1S/C23H34F3N5O3.2C2HF3O2/c1-3-22(7-4-16(14-22)28-17-6-13-34-15-18(17)33-2)20(32)30-9-11-31(12-10-30)21-27-8-5-19(29-21)23(24,25)26;2*3-2(4,5)1(6)7/h5,8,16-18,28H,3-4,6-7,9-15H2,1-2H3;2*(H,6,7)/t16-,17-,18?,22+;;/m1../s1. The Morgan fingerprint density at radius 1 is 1.00 bits per heavy atom. The topological polar surface area (TPSA) is 154 Å². The normalized spacial score (nSPS) is 24.9.